The molecule has 0 bridgehead atoms. The maximum Gasteiger partial charge on any atom is 0.259 e. The largest absolute Gasteiger partial charge is 0.394 e. The van der Waals surface area contributed by atoms with Crippen molar-refractivity contribution in [2.75, 3.05) is 18.9 Å². The summed E-state index contributed by atoms with van der Waals surface area (Å²) in [4.78, 5) is 15.0. The molecule has 2 aromatic rings. The van der Waals surface area contributed by atoms with Crippen molar-refractivity contribution in [3.8, 4) is 0 Å². The fourth-order valence-electron chi connectivity index (χ4n) is 3.36. The minimum atomic E-state index is -0.0764. The highest BCUT2D eigenvalue weighted by atomic mass is 16.3. The quantitative estimate of drug-likeness (QED) is 0.901. The number of amides is 1. The number of carbonyl (C=O) groups is 1. The van der Waals surface area contributed by atoms with E-state index in [1.165, 1.54) is 10.9 Å². The van der Waals surface area contributed by atoms with Crippen LogP contribution in [0.1, 0.15) is 47.6 Å². The third-order valence-electron chi connectivity index (χ3n) is 4.62. The van der Waals surface area contributed by atoms with Gasteiger partial charge in [0.25, 0.3) is 5.91 Å². The zero-order valence-electron chi connectivity index (χ0n) is 13.8. The van der Waals surface area contributed by atoms with E-state index in [0.717, 1.165) is 37.8 Å². The number of hydrogen-bond donors (Lipinski definition) is 2. The lowest BCUT2D eigenvalue weighted by atomic mass is 10.0. The number of anilines is 1. The van der Waals surface area contributed by atoms with Gasteiger partial charge in [0.2, 0.25) is 0 Å². The van der Waals surface area contributed by atoms with Crippen molar-refractivity contribution in [3.63, 3.8) is 0 Å². The van der Waals surface area contributed by atoms with E-state index >= 15 is 0 Å². The molecule has 1 saturated heterocycles. The summed E-state index contributed by atoms with van der Waals surface area (Å²) in [6.45, 7) is 0.958. The smallest absolute Gasteiger partial charge is 0.259 e. The number of likely N-dealkylation sites (tertiary alicyclic amines) is 1. The van der Waals surface area contributed by atoms with Gasteiger partial charge < -0.3 is 15.7 Å². The Kier molecular flexibility index (Phi) is 5.15. The van der Waals surface area contributed by atoms with Crippen LogP contribution in [-0.4, -0.2) is 38.8 Å². The molecule has 0 radical (unpaired) electrons. The van der Waals surface area contributed by atoms with Gasteiger partial charge in [-0.05, 0) is 18.4 Å². The molecule has 1 aliphatic rings. The van der Waals surface area contributed by atoms with Crippen LogP contribution < -0.4 is 5.73 Å². The summed E-state index contributed by atoms with van der Waals surface area (Å²) in [7, 11) is 0. The van der Waals surface area contributed by atoms with Gasteiger partial charge in [0.05, 0.1) is 25.4 Å². The third-order valence-corrected chi connectivity index (χ3v) is 4.62. The number of hydrogen-bond acceptors (Lipinski definition) is 4. The van der Waals surface area contributed by atoms with Crippen molar-refractivity contribution in [2.45, 2.75) is 38.3 Å². The Morgan fingerprint density at radius 1 is 1.25 bits per heavy atom. The first-order valence-corrected chi connectivity index (χ1v) is 8.50. The van der Waals surface area contributed by atoms with Crippen LogP contribution in [0.3, 0.4) is 0 Å². The standard InChI is InChI=1S/C18H24N4O2/c19-17-15(13-20-22(17)11-12-23)18(24)21-10-6-2-5-9-16(21)14-7-3-1-4-8-14/h1,3-4,7-8,13,16,23H,2,5-6,9-12,19H2. The van der Waals surface area contributed by atoms with Gasteiger partial charge >= 0.3 is 0 Å². The van der Waals surface area contributed by atoms with Gasteiger partial charge in [0, 0.05) is 6.54 Å². The van der Waals surface area contributed by atoms with Crippen molar-refractivity contribution in [2.24, 2.45) is 0 Å². The predicted molar refractivity (Wildman–Crippen MR) is 92.4 cm³/mol. The summed E-state index contributed by atoms with van der Waals surface area (Å²) in [5, 5.41) is 13.2. The normalized spacial score (nSPS) is 18.4. The van der Waals surface area contributed by atoms with Crippen LogP contribution in [0.2, 0.25) is 0 Å². The SMILES string of the molecule is Nc1c(C(=O)N2CCCCCC2c2ccccc2)cnn1CCO. The first-order valence-electron chi connectivity index (χ1n) is 8.50. The molecule has 128 valence electrons. The van der Waals surface area contributed by atoms with E-state index < -0.39 is 0 Å². The molecule has 1 atom stereocenters. The highest BCUT2D eigenvalue weighted by Gasteiger charge is 2.29. The van der Waals surface area contributed by atoms with Gasteiger partial charge in [-0.1, -0.05) is 43.2 Å². The van der Waals surface area contributed by atoms with Gasteiger partial charge in [-0.25, -0.2) is 4.68 Å². The van der Waals surface area contributed by atoms with E-state index in [1.807, 2.05) is 23.1 Å². The topological polar surface area (TPSA) is 84.4 Å². The molecule has 1 aromatic heterocycles. The number of nitrogens with two attached hydrogens (primary N) is 1. The number of nitrogens with zero attached hydrogens (tertiary/aromatic N) is 3. The van der Waals surface area contributed by atoms with Crippen LogP contribution in [0.15, 0.2) is 36.5 Å². The molecule has 3 rings (SSSR count). The van der Waals surface area contributed by atoms with Crippen LogP contribution in [0.25, 0.3) is 0 Å². The van der Waals surface area contributed by atoms with Crippen molar-refractivity contribution >= 4 is 11.7 Å². The molecular weight excluding hydrogens is 304 g/mol. The minimum absolute atomic E-state index is 0.0597. The molecule has 6 nitrogen and oxygen atoms in total. The van der Waals surface area contributed by atoms with Crippen molar-refractivity contribution in [1.29, 1.82) is 0 Å². The molecular formula is C18H24N4O2. The summed E-state index contributed by atoms with van der Waals surface area (Å²) in [5.41, 5.74) is 7.65. The molecule has 1 unspecified atom stereocenters. The molecule has 0 spiro atoms. The van der Waals surface area contributed by atoms with Gasteiger partial charge in [-0.15, -0.1) is 0 Å². The van der Waals surface area contributed by atoms with Gasteiger partial charge in [0.15, 0.2) is 0 Å². The minimum Gasteiger partial charge on any atom is -0.394 e. The molecule has 0 aliphatic carbocycles. The van der Waals surface area contributed by atoms with Crippen molar-refractivity contribution in [3.05, 3.63) is 47.7 Å². The lowest BCUT2D eigenvalue weighted by Gasteiger charge is -2.30. The summed E-state index contributed by atoms with van der Waals surface area (Å²) in [6.07, 6.45) is 5.72. The molecule has 1 aliphatic heterocycles. The number of aliphatic hydroxyl groups excluding tert-OH is 1. The van der Waals surface area contributed by atoms with Gasteiger partial charge in [-0.3, -0.25) is 4.79 Å². The highest BCUT2D eigenvalue weighted by molar-refractivity contribution is 5.98. The first-order chi connectivity index (χ1) is 11.7. The molecule has 1 fully saturated rings. The van der Waals surface area contributed by atoms with Gasteiger partial charge in [0.1, 0.15) is 11.4 Å². The van der Waals surface area contributed by atoms with E-state index in [-0.39, 0.29) is 18.6 Å². The Bertz CT molecular complexity index is 684. The number of aliphatic hydroxyl groups is 1. The second-order valence-electron chi connectivity index (χ2n) is 6.16. The fourth-order valence-corrected chi connectivity index (χ4v) is 3.36. The number of carbonyl (C=O) groups excluding carboxylic acids is 1. The average molecular weight is 328 g/mol. The van der Waals surface area contributed by atoms with E-state index in [1.54, 1.807) is 0 Å². The van der Waals surface area contributed by atoms with Crippen LogP contribution >= 0.6 is 0 Å². The molecule has 24 heavy (non-hydrogen) atoms. The van der Waals surface area contributed by atoms with Crippen LogP contribution in [0, 0.1) is 0 Å². The molecule has 2 heterocycles. The Labute approximate surface area is 141 Å². The number of rotatable bonds is 4. The lowest BCUT2D eigenvalue weighted by molar-refractivity contribution is 0.0682. The van der Waals surface area contributed by atoms with Crippen molar-refractivity contribution in [1.82, 2.24) is 14.7 Å². The van der Waals surface area contributed by atoms with Crippen LogP contribution in [0.4, 0.5) is 5.82 Å². The Balaban J connectivity index is 1.90. The third kappa shape index (κ3) is 3.28. The molecule has 0 saturated carbocycles. The van der Waals surface area contributed by atoms with E-state index in [2.05, 4.69) is 17.2 Å². The maximum absolute atomic E-state index is 13.1. The summed E-state index contributed by atoms with van der Waals surface area (Å²) in [5.74, 6) is 0.248. The zero-order chi connectivity index (χ0) is 16.9. The Morgan fingerprint density at radius 3 is 2.79 bits per heavy atom. The summed E-state index contributed by atoms with van der Waals surface area (Å²) in [6, 6.07) is 10.2. The highest BCUT2D eigenvalue weighted by Crippen LogP contribution is 2.32. The molecule has 6 heteroatoms. The van der Waals surface area contributed by atoms with E-state index in [0.29, 0.717) is 17.9 Å². The van der Waals surface area contributed by atoms with Crippen LogP contribution in [0.5, 0.6) is 0 Å². The summed E-state index contributed by atoms with van der Waals surface area (Å²) >= 11 is 0. The second-order valence-corrected chi connectivity index (χ2v) is 6.16. The number of nitrogen functional groups attached to an aromatic ring is 1. The monoisotopic (exact) mass is 328 g/mol. The van der Waals surface area contributed by atoms with E-state index in [9.17, 15) is 4.79 Å². The number of benzene rings is 1. The van der Waals surface area contributed by atoms with Crippen molar-refractivity contribution < 1.29 is 9.90 Å². The Morgan fingerprint density at radius 2 is 2.04 bits per heavy atom. The zero-order valence-corrected chi connectivity index (χ0v) is 13.8. The van der Waals surface area contributed by atoms with Crippen LogP contribution in [-0.2, 0) is 6.54 Å². The van der Waals surface area contributed by atoms with E-state index in [4.69, 9.17) is 10.8 Å². The first kappa shape index (κ1) is 16.5. The molecule has 1 aromatic carbocycles. The van der Waals surface area contributed by atoms with Gasteiger partial charge in [-0.2, -0.15) is 5.10 Å². The number of aromatic nitrogens is 2. The maximum atomic E-state index is 13.1. The molecule has 1 amide bonds. The lowest BCUT2D eigenvalue weighted by Crippen LogP contribution is -2.35. The molecule has 3 N–H and O–H groups in total. The Hall–Kier alpha value is -2.34. The summed E-state index contributed by atoms with van der Waals surface area (Å²) < 4.78 is 1.47. The second kappa shape index (κ2) is 7.49. The average Bonchev–Trinajstić information content (AvgIpc) is 2.83. The predicted octanol–water partition coefficient (Wildman–Crippen LogP) is 2.22. The fraction of sp³-hybridized carbons (Fsp3) is 0.444.